The molecule has 0 saturated carbocycles. The van der Waals surface area contributed by atoms with Crippen molar-refractivity contribution in [2.75, 3.05) is 5.32 Å². The molecule has 1 aromatic carbocycles. The minimum Gasteiger partial charge on any atom is -0.315 e. The molecule has 0 aliphatic heterocycles. The normalized spacial score (nSPS) is 10.2. The Morgan fingerprint density at radius 1 is 1.35 bits per heavy atom. The van der Waals surface area contributed by atoms with Crippen LogP contribution < -0.4 is 9.88 Å². The maximum Gasteiger partial charge on any atom is 0.348 e. The minimum atomic E-state index is -0.0921. The molecule has 1 amide bonds. The molecule has 0 atom stereocenters. The molecule has 88 valence electrons. The molecule has 0 aliphatic carbocycles. The molecule has 4 heteroatoms. The highest BCUT2D eigenvalue weighted by molar-refractivity contribution is 6.00. The fourth-order valence-electron chi connectivity index (χ4n) is 1.78. The van der Waals surface area contributed by atoms with Crippen molar-refractivity contribution in [1.82, 2.24) is 4.57 Å². The number of amides is 1. The number of nitrogens with one attached hydrogen (secondary N) is 1. The molecule has 1 N–H and O–H groups in total. The third-order valence-electron chi connectivity index (χ3n) is 2.65. The van der Waals surface area contributed by atoms with Gasteiger partial charge in [0.15, 0.2) is 0 Å². The van der Waals surface area contributed by atoms with E-state index in [4.69, 9.17) is 0 Å². The van der Waals surface area contributed by atoms with Gasteiger partial charge in [-0.15, -0.1) is 0 Å². The first kappa shape index (κ1) is 11.4. The van der Waals surface area contributed by atoms with Gasteiger partial charge in [-0.05, 0) is 19.1 Å². The maximum atomic E-state index is 12.1. The van der Waals surface area contributed by atoms with Crippen molar-refractivity contribution in [2.45, 2.75) is 13.5 Å². The van der Waals surface area contributed by atoms with Crippen molar-refractivity contribution in [3.63, 3.8) is 0 Å². The lowest BCUT2D eigenvalue weighted by Gasteiger charge is -2.03. The van der Waals surface area contributed by atoms with E-state index in [1.807, 2.05) is 65.8 Å². The molecular weight excluding hydrogens is 214 g/mol. The average molecular weight is 230 g/mol. The molecule has 17 heavy (non-hydrogen) atoms. The van der Waals surface area contributed by atoms with Gasteiger partial charge in [-0.25, -0.2) is 9.13 Å². The number of anilines is 1. The standard InChI is InChI=1S/C13H15N3O/c1-3-16-10-9-15(2)13(16)12(17)14-11-7-5-4-6-8-11/h4-10H,3H2,1-2H3/p+1. The smallest absolute Gasteiger partial charge is 0.315 e. The Balaban J connectivity index is 2.23. The predicted molar refractivity (Wildman–Crippen MR) is 65.7 cm³/mol. The van der Waals surface area contributed by atoms with Gasteiger partial charge in [0.2, 0.25) is 0 Å². The zero-order valence-corrected chi connectivity index (χ0v) is 10.1. The number of hydrogen-bond acceptors (Lipinski definition) is 1. The Bertz CT molecular complexity index is 517. The number of rotatable bonds is 3. The van der Waals surface area contributed by atoms with E-state index < -0.39 is 0 Å². The third kappa shape index (κ3) is 2.36. The topological polar surface area (TPSA) is 37.9 Å². The van der Waals surface area contributed by atoms with Crippen LogP contribution >= 0.6 is 0 Å². The monoisotopic (exact) mass is 230 g/mol. The van der Waals surface area contributed by atoms with Gasteiger partial charge in [-0.2, -0.15) is 0 Å². The molecule has 1 heterocycles. The van der Waals surface area contributed by atoms with E-state index in [0.717, 1.165) is 12.2 Å². The summed E-state index contributed by atoms with van der Waals surface area (Å²) in [5, 5.41) is 2.88. The van der Waals surface area contributed by atoms with E-state index in [1.165, 1.54) is 0 Å². The summed E-state index contributed by atoms with van der Waals surface area (Å²) in [5.74, 6) is 0.557. The number of carbonyl (C=O) groups is 1. The highest BCUT2D eigenvalue weighted by Gasteiger charge is 2.22. The van der Waals surface area contributed by atoms with E-state index >= 15 is 0 Å². The summed E-state index contributed by atoms with van der Waals surface area (Å²) in [6.45, 7) is 2.79. The third-order valence-corrected chi connectivity index (χ3v) is 2.65. The number of aromatic nitrogens is 2. The van der Waals surface area contributed by atoms with Crippen LogP contribution in [-0.4, -0.2) is 10.5 Å². The summed E-state index contributed by atoms with van der Waals surface area (Å²) in [7, 11) is 1.87. The molecule has 0 spiro atoms. The van der Waals surface area contributed by atoms with E-state index in [2.05, 4.69) is 5.32 Å². The zero-order valence-electron chi connectivity index (χ0n) is 10.1. The number of carbonyl (C=O) groups excluding carboxylic acids is 1. The lowest BCUT2D eigenvalue weighted by atomic mass is 10.3. The van der Waals surface area contributed by atoms with E-state index in [-0.39, 0.29) is 5.91 Å². The molecule has 0 unspecified atom stereocenters. The van der Waals surface area contributed by atoms with E-state index in [9.17, 15) is 4.79 Å². The Hall–Kier alpha value is -2.10. The Morgan fingerprint density at radius 2 is 2.06 bits per heavy atom. The largest absolute Gasteiger partial charge is 0.348 e. The molecule has 2 aromatic rings. The maximum absolute atomic E-state index is 12.1. The molecular formula is C13H16N3O+. The molecule has 0 bridgehead atoms. The van der Waals surface area contributed by atoms with Gasteiger partial charge in [0, 0.05) is 5.69 Å². The lowest BCUT2D eigenvalue weighted by Crippen LogP contribution is -2.37. The molecule has 0 aliphatic rings. The van der Waals surface area contributed by atoms with Crippen LogP contribution in [0.2, 0.25) is 0 Å². The molecule has 0 radical (unpaired) electrons. The second-order valence-electron chi connectivity index (χ2n) is 3.84. The Kier molecular flexibility index (Phi) is 3.23. The van der Waals surface area contributed by atoms with Crippen LogP contribution in [0, 0.1) is 0 Å². The quantitative estimate of drug-likeness (QED) is 0.799. The fourth-order valence-corrected chi connectivity index (χ4v) is 1.78. The SMILES string of the molecule is CCn1cc[n+](C)c1C(=O)Nc1ccccc1. The van der Waals surface area contributed by atoms with E-state index in [1.54, 1.807) is 0 Å². The lowest BCUT2D eigenvalue weighted by molar-refractivity contribution is -0.672. The van der Waals surface area contributed by atoms with Crippen molar-refractivity contribution in [3.8, 4) is 0 Å². The fraction of sp³-hybridized carbons (Fsp3) is 0.231. The first-order valence-corrected chi connectivity index (χ1v) is 5.63. The Morgan fingerprint density at radius 3 is 2.71 bits per heavy atom. The first-order valence-electron chi connectivity index (χ1n) is 5.63. The van der Waals surface area contributed by atoms with Crippen LogP contribution in [0.1, 0.15) is 17.5 Å². The highest BCUT2D eigenvalue weighted by atomic mass is 16.2. The number of para-hydroxylation sites is 1. The summed E-state index contributed by atoms with van der Waals surface area (Å²) in [4.78, 5) is 12.1. The van der Waals surface area contributed by atoms with Crippen LogP contribution in [0.3, 0.4) is 0 Å². The van der Waals surface area contributed by atoms with Crippen LogP contribution in [-0.2, 0) is 13.6 Å². The van der Waals surface area contributed by atoms with Gasteiger partial charge in [-0.1, -0.05) is 18.2 Å². The van der Waals surface area contributed by atoms with Crippen LogP contribution in [0.15, 0.2) is 42.7 Å². The van der Waals surface area contributed by atoms with Gasteiger partial charge < -0.3 is 5.32 Å². The van der Waals surface area contributed by atoms with Crippen LogP contribution in [0.5, 0.6) is 0 Å². The van der Waals surface area contributed by atoms with Gasteiger partial charge in [0.25, 0.3) is 0 Å². The van der Waals surface area contributed by atoms with Crippen molar-refractivity contribution in [2.24, 2.45) is 7.05 Å². The number of nitrogens with zero attached hydrogens (tertiary/aromatic N) is 2. The molecule has 4 nitrogen and oxygen atoms in total. The summed E-state index contributed by atoms with van der Waals surface area (Å²) in [6.07, 6.45) is 3.78. The van der Waals surface area contributed by atoms with E-state index in [0.29, 0.717) is 5.82 Å². The van der Waals surface area contributed by atoms with Crippen molar-refractivity contribution < 1.29 is 9.36 Å². The molecule has 0 fully saturated rings. The summed E-state index contributed by atoms with van der Waals surface area (Å²) in [6, 6.07) is 9.46. The predicted octanol–water partition coefficient (Wildman–Crippen LogP) is 1.58. The number of aryl methyl sites for hydroxylation is 2. The molecule has 2 rings (SSSR count). The number of imidazole rings is 1. The Labute approximate surface area is 101 Å². The van der Waals surface area contributed by atoms with Crippen LogP contribution in [0.25, 0.3) is 0 Å². The molecule has 1 aromatic heterocycles. The van der Waals surface area contributed by atoms with Gasteiger partial charge >= 0.3 is 11.7 Å². The first-order chi connectivity index (χ1) is 8.22. The highest BCUT2D eigenvalue weighted by Crippen LogP contribution is 2.07. The zero-order chi connectivity index (χ0) is 12.3. The summed E-state index contributed by atoms with van der Waals surface area (Å²) < 4.78 is 3.74. The minimum absolute atomic E-state index is 0.0921. The van der Waals surface area contributed by atoms with Gasteiger partial charge in [0.1, 0.15) is 12.4 Å². The van der Waals surface area contributed by atoms with Crippen LogP contribution in [0.4, 0.5) is 5.69 Å². The summed E-state index contributed by atoms with van der Waals surface area (Å²) >= 11 is 0. The average Bonchev–Trinajstić information content (AvgIpc) is 2.71. The van der Waals surface area contributed by atoms with Crippen molar-refractivity contribution >= 4 is 11.6 Å². The summed E-state index contributed by atoms with van der Waals surface area (Å²) in [5.41, 5.74) is 0.807. The van der Waals surface area contributed by atoms with Crippen molar-refractivity contribution in [3.05, 3.63) is 48.5 Å². The molecule has 0 saturated heterocycles. The number of hydrogen-bond donors (Lipinski definition) is 1. The van der Waals surface area contributed by atoms with Gasteiger partial charge in [-0.3, -0.25) is 4.79 Å². The number of benzene rings is 1. The second-order valence-corrected chi connectivity index (χ2v) is 3.84. The van der Waals surface area contributed by atoms with Gasteiger partial charge in [0.05, 0.1) is 13.6 Å². The second kappa shape index (κ2) is 4.82. The van der Waals surface area contributed by atoms with Crippen molar-refractivity contribution in [1.29, 1.82) is 0 Å².